The van der Waals surface area contributed by atoms with Crippen molar-refractivity contribution in [3.8, 4) is 6.07 Å². The number of halogens is 1. The van der Waals surface area contributed by atoms with Crippen LogP contribution in [-0.4, -0.2) is 9.78 Å². The predicted molar refractivity (Wildman–Crippen MR) is 40.2 cm³/mol. The minimum atomic E-state index is 0.374. The van der Waals surface area contributed by atoms with Crippen LogP contribution >= 0.6 is 15.9 Å². The van der Waals surface area contributed by atoms with Crippen molar-refractivity contribution in [2.75, 3.05) is 0 Å². The molecule has 0 bridgehead atoms. The molecular formula is C6H6BrN3. The highest BCUT2D eigenvalue weighted by molar-refractivity contribution is 9.10. The first-order valence-electron chi connectivity index (χ1n) is 2.79. The average molecular weight is 200 g/mol. The number of rotatable bonds is 1. The highest BCUT2D eigenvalue weighted by atomic mass is 79.9. The Morgan fingerprint density at radius 1 is 1.90 bits per heavy atom. The molecular weight excluding hydrogens is 194 g/mol. The van der Waals surface area contributed by atoms with Crippen LogP contribution in [0.2, 0.25) is 0 Å². The molecule has 4 heteroatoms. The zero-order valence-corrected chi connectivity index (χ0v) is 7.09. The van der Waals surface area contributed by atoms with Crippen molar-refractivity contribution < 1.29 is 0 Å². The fourth-order valence-corrected chi connectivity index (χ4v) is 1.01. The fraction of sp³-hybridized carbons (Fsp3) is 0.333. The van der Waals surface area contributed by atoms with Crippen LogP contribution in [0.4, 0.5) is 0 Å². The highest BCUT2D eigenvalue weighted by Crippen LogP contribution is 2.09. The van der Waals surface area contributed by atoms with Gasteiger partial charge in [-0.25, -0.2) is 0 Å². The molecule has 1 heterocycles. The molecule has 10 heavy (non-hydrogen) atoms. The zero-order chi connectivity index (χ0) is 7.56. The lowest BCUT2D eigenvalue weighted by molar-refractivity contribution is 0.735. The molecule has 0 spiro atoms. The van der Waals surface area contributed by atoms with Crippen molar-refractivity contribution in [3.05, 3.63) is 16.4 Å². The van der Waals surface area contributed by atoms with Gasteiger partial charge in [-0.3, -0.25) is 4.68 Å². The van der Waals surface area contributed by atoms with Crippen LogP contribution in [0.5, 0.6) is 0 Å². The molecule has 0 saturated carbocycles. The molecule has 0 aromatic carbocycles. The number of aromatic nitrogens is 2. The van der Waals surface area contributed by atoms with Gasteiger partial charge in [0.15, 0.2) is 0 Å². The van der Waals surface area contributed by atoms with E-state index in [-0.39, 0.29) is 0 Å². The first kappa shape index (κ1) is 7.29. The summed E-state index contributed by atoms with van der Waals surface area (Å²) in [5.74, 6) is 0. The first-order valence-corrected chi connectivity index (χ1v) is 3.58. The van der Waals surface area contributed by atoms with Gasteiger partial charge >= 0.3 is 0 Å². The van der Waals surface area contributed by atoms with Crippen molar-refractivity contribution in [3.63, 3.8) is 0 Å². The van der Waals surface area contributed by atoms with Gasteiger partial charge in [-0.05, 0) is 22.0 Å². The molecule has 0 unspecified atom stereocenters. The van der Waals surface area contributed by atoms with Crippen LogP contribution < -0.4 is 0 Å². The second-order valence-electron chi connectivity index (χ2n) is 1.92. The van der Waals surface area contributed by atoms with E-state index in [0.29, 0.717) is 6.42 Å². The fourth-order valence-electron chi connectivity index (χ4n) is 0.668. The third-order valence-corrected chi connectivity index (χ3v) is 1.88. The maximum Gasteiger partial charge on any atom is 0.104 e. The summed E-state index contributed by atoms with van der Waals surface area (Å²) in [6.45, 7) is 0. The molecule has 1 aromatic heterocycles. The minimum absolute atomic E-state index is 0.374. The van der Waals surface area contributed by atoms with Crippen molar-refractivity contribution in [1.82, 2.24) is 9.78 Å². The standard InChI is InChI=1S/C6H6BrN3/c1-10-6(7)4-5(9-10)2-3-8/h4H,2H2,1H3. The molecule has 0 aliphatic heterocycles. The molecule has 0 fully saturated rings. The minimum Gasteiger partial charge on any atom is -0.261 e. The van der Waals surface area contributed by atoms with Gasteiger partial charge in [0.25, 0.3) is 0 Å². The molecule has 3 nitrogen and oxygen atoms in total. The monoisotopic (exact) mass is 199 g/mol. The molecule has 0 atom stereocenters. The average Bonchev–Trinajstić information content (AvgIpc) is 2.14. The van der Waals surface area contributed by atoms with E-state index < -0.39 is 0 Å². The molecule has 0 amide bonds. The molecule has 0 saturated heterocycles. The number of hydrogen-bond donors (Lipinski definition) is 0. The Hall–Kier alpha value is -0.820. The van der Waals surface area contributed by atoms with Gasteiger partial charge in [0.2, 0.25) is 0 Å². The maximum absolute atomic E-state index is 8.31. The summed E-state index contributed by atoms with van der Waals surface area (Å²) in [4.78, 5) is 0. The Balaban J connectivity index is 2.90. The molecule has 0 aliphatic carbocycles. The van der Waals surface area contributed by atoms with Crippen LogP contribution in [0, 0.1) is 11.3 Å². The normalized spacial score (nSPS) is 9.30. The summed E-state index contributed by atoms with van der Waals surface area (Å²) >= 11 is 3.28. The van der Waals surface area contributed by atoms with Gasteiger partial charge in [-0.2, -0.15) is 10.4 Å². The Labute approximate surface area is 67.4 Å². The van der Waals surface area contributed by atoms with Crippen LogP contribution in [-0.2, 0) is 13.5 Å². The molecule has 0 radical (unpaired) electrons. The Kier molecular flexibility index (Phi) is 2.07. The van der Waals surface area contributed by atoms with Gasteiger partial charge < -0.3 is 0 Å². The van der Waals surface area contributed by atoms with Gasteiger partial charge in [0.1, 0.15) is 4.60 Å². The SMILES string of the molecule is Cn1nc(CC#N)cc1Br. The highest BCUT2D eigenvalue weighted by Gasteiger charge is 1.99. The summed E-state index contributed by atoms with van der Waals surface area (Å²) < 4.78 is 2.59. The topological polar surface area (TPSA) is 41.6 Å². The molecule has 52 valence electrons. The first-order chi connectivity index (χ1) is 4.74. The van der Waals surface area contributed by atoms with Gasteiger partial charge in [0, 0.05) is 7.05 Å². The van der Waals surface area contributed by atoms with Crippen molar-refractivity contribution in [2.24, 2.45) is 7.05 Å². The second-order valence-corrected chi connectivity index (χ2v) is 2.73. The zero-order valence-electron chi connectivity index (χ0n) is 5.50. The summed E-state index contributed by atoms with van der Waals surface area (Å²) in [5, 5.41) is 12.4. The Morgan fingerprint density at radius 3 is 3.00 bits per heavy atom. The number of nitriles is 1. The van der Waals surface area contributed by atoms with E-state index in [1.807, 2.05) is 19.2 Å². The van der Waals surface area contributed by atoms with Crippen LogP contribution in [0.3, 0.4) is 0 Å². The van der Waals surface area contributed by atoms with Crippen LogP contribution in [0.15, 0.2) is 10.7 Å². The molecule has 0 aliphatic rings. The van der Waals surface area contributed by atoms with E-state index in [2.05, 4.69) is 21.0 Å². The van der Waals surface area contributed by atoms with Gasteiger partial charge in [0.05, 0.1) is 18.2 Å². The van der Waals surface area contributed by atoms with Gasteiger partial charge in [-0.15, -0.1) is 0 Å². The number of hydrogen-bond acceptors (Lipinski definition) is 2. The summed E-state index contributed by atoms with van der Waals surface area (Å²) in [7, 11) is 1.82. The summed E-state index contributed by atoms with van der Waals surface area (Å²) in [6.07, 6.45) is 0.374. The van der Waals surface area contributed by atoms with Crippen molar-refractivity contribution in [2.45, 2.75) is 6.42 Å². The predicted octanol–water partition coefficient (Wildman–Crippen LogP) is 1.25. The molecule has 1 rings (SSSR count). The maximum atomic E-state index is 8.31. The van der Waals surface area contributed by atoms with Crippen LogP contribution in [0.1, 0.15) is 5.69 Å². The third kappa shape index (κ3) is 1.36. The van der Waals surface area contributed by atoms with Gasteiger partial charge in [-0.1, -0.05) is 0 Å². The Bertz CT molecular complexity index is 252. The molecule has 0 N–H and O–H groups in total. The van der Waals surface area contributed by atoms with E-state index in [0.717, 1.165) is 10.3 Å². The largest absolute Gasteiger partial charge is 0.261 e. The summed E-state index contributed by atoms with van der Waals surface area (Å²) in [5.41, 5.74) is 0.803. The van der Waals surface area contributed by atoms with E-state index in [4.69, 9.17) is 5.26 Å². The van der Waals surface area contributed by atoms with Crippen molar-refractivity contribution in [1.29, 1.82) is 5.26 Å². The molecule has 1 aromatic rings. The van der Waals surface area contributed by atoms with Crippen molar-refractivity contribution >= 4 is 15.9 Å². The van der Waals surface area contributed by atoms with E-state index in [9.17, 15) is 0 Å². The second kappa shape index (κ2) is 2.84. The van der Waals surface area contributed by atoms with E-state index >= 15 is 0 Å². The van der Waals surface area contributed by atoms with Crippen LogP contribution in [0.25, 0.3) is 0 Å². The summed E-state index contributed by atoms with van der Waals surface area (Å²) in [6, 6.07) is 3.86. The Morgan fingerprint density at radius 2 is 2.60 bits per heavy atom. The third-order valence-electron chi connectivity index (χ3n) is 1.13. The number of aryl methyl sites for hydroxylation is 1. The number of nitrogens with zero attached hydrogens (tertiary/aromatic N) is 3. The quantitative estimate of drug-likeness (QED) is 0.684. The lowest BCUT2D eigenvalue weighted by atomic mass is 10.3. The van der Waals surface area contributed by atoms with E-state index in [1.54, 1.807) is 4.68 Å². The lowest BCUT2D eigenvalue weighted by Crippen LogP contribution is -1.91. The smallest absolute Gasteiger partial charge is 0.104 e. The lowest BCUT2D eigenvalue weighted by Gasteiger charge is -1.86. The van der Waals surface area contributed by atoms with E-state index in [1.165, 1.54) is 0 Å².